The summed E-state index contributed by atoms with van der Waals surface area (Å²) in [6, 6.07) is 8.75. The molecule has 1 aromatic carbocycles. The first kappa shape index (κ1) is 15.1. The molecule has 4 rings (SSSR count). The van der Waals surface area contributed by atoms with Crippen molar-refractivity contribution in [1.29, 1.82) is 0 Å². The smallest absolute Gasteiger partial charge is 0.167 e. The predicted octanol–water partition coefficient (Wildman–Crippen LogP) is 2.85. The second kappa shape index (κ2) is 5.87. The van der Waals surface area contributed by atoms with Crippen molar-refractivity contribution in [3.05, 3.63) is 47.4 Å². The summed E-state index contributed by atoms with van der Waals surface area (Å²) in [4.78, 5) is 5.92. The van der Waals surface area contributed by atoms with Gasteiger partial charge in [0.05, 0.1) is 6.04 Å². The lowest BCUT2D eigenvalue weighted by molar-refractivity contribution is 0.220. The predicted molar refractivity (Wildman–Crippen MR) is 94.4 cm³/mol. The molecule has 24 heavy (non-hydrogen) atoms. The number of benzene rings is 1. The Hall–Kier alpha value is -2.47. The second-order valence-corrected chi connectivity index (χ2v) is 6.48. The van der Waals surface area contributed by atoms with Crippen LogP contribution in [0.25, 0.3) is 16.5 Å². The van der Waals surface area contributed by atoms with Gasteiger partial charge in [0.25, 0.3) is 0 Å². The number of aromatic nitrogens is 5. The summed E-state index contributed by atoms with van der Waals surface area (Å²) in [6.45, 7) is 6.26. The van der Waals surface area contributed by atoms with E-state index >= 15 is 0 Å². The molecule has 124 valence electrons. The Bertz CT molecular complexity index is 903. The molecule has 0 bridgehead atoms. The van der Waals surface area contributed by atoms with Gasteiger partial charge in [-0.15, -0.1) is 5.10 Å². The van der Waals surface area contributed by atoms with E-state index in [0.29, 0.717) is 0 Å². The van der Waals surface area contributed by atoms with Crippen LogP contribution in [0.4, 0.5) is 0 Å². The number of hydrogen-bond donors (Lipinski definition) is 1. The van der Waals surface area contributed by atoms with Gasteiger partial charge >= 0.3 is 0 Å². The minimum absolute atomic E-state index is 0.215. The molecule has 0 radical (unpaired) electrons. The van der Waals surface area contributed by atoms with Gasteiger partial charge in [0.15, 0.2) is 5.82 Å². The van der Waals surface area contributed by atoms with E-state index < -0.39 is 0 Å². The summed E-state index contributed by atoms with van der Waals surface area (Å²) < 4.78 is 1.76. The average Bonchev–Trinajstić information content (AvgIpc) is 3.16. The van der Waals surface area contributed by atoms with Crippen LogP contribution in [0.5, 0.6) is 0 Å². The largest absolute Gasteiger partial charge is 0.358 e. The molecule has 1 atom stereocenters. The van der Waals surface area contributed by atoms with Gasteiger partial charge in [-0.2, -0.15) is 0 Å². The lowest BCUT2D eigenvalue weighted by atomic mass is 9.96. The fourth-order valence-electron chi connectivity index (χ4n) is 3.71. The first-order chi connectivity index (χ1) is 11.6. The molecule has 6 heteroatoms. The number of aromatic amines is 1. The van der Waals surface area contributed by atoms with Crippen molar-refractivity contribution in [1.82, 2.24) is 30.1 Å². The van der Waals surface area contributed by atoms with Crippen molar-refractivity contribution in [2.24, 2.45) is 7.05 Å². The van der Waals surface area contributed by atoms with Crippen LogP contribution in [-0.4, -0.2) is 43.2 Å². The molecule has 1 unspecified atom stereocenters. The summed E-state index contributed by atoms with van der Waals surface area (Å²) in [7, 11) is 1.90. The van der Waals surface area contributed by atoms with E-state index in [2.05, 4.69) is 69.6 Å². The van der Waals surface area contributed by atoms with Crippen LogP contribution >= 0.6 is 0 Å². The monoisotopic (exact) mass is 322 g/mol. The normalized spacial score (nSPS) is 17.2. The molecule has 6 nitrogen and oxygen atoms in total. The van der Waals surface area contributed by atoms with Gasteiger partial charge in [-0.3, -0.25) is 4.90 Å². The van der Waals surface area contributed by atoms with Gasteiger partial charge < -0.3 is 4.98 Å². The van der Waals surface area contributed by atoms with E-state index in [1.54, 1.807) is 4.68 Å². The fraction of sp³-hybridized carbons (Fsp3) is 0.389. The molecule has 0 spiro atoms. The molecule has 3 heterocycles. The third kappa shape index (κ3) is 2.43. The zero-order valence-electron chi connectivity index (χ0n) is 14.3. The van der Waals surface area contributed by atoms with E-state index in [9.17, 15) is 0 Å². The molecule has 3 aromatic rings. The van der Waals surface area contributed by atoms with Crippen molar-refractivity contribution in [3.63, 3.8) is 0 Å². The molecular formula is C18H22N6. The average molecular weight is 322 g/mol. The number of H-pyrrole nitrogens is 1. The highest BCUT2D eigenvalue weighted by atomic mass is 15.5. The van der Waals surface area contributed by atoms with Gasteiger partial charge in [-0.25, -0.2) is 4.68 Å². The molecule has 0 aliphatic carbocycles. The maximum Gasteiger partial charge on any atom is 0.167 e. The summed E-state index contributed by atoms with van der Waals surface area (Å²) in [5, 5.41) is 13.2. The Kier molecular flexibility index (Phi) is 3.69. The summed E-state index contributed by atoms with van der Waals surface area (Å²) in [5.41, 5.74) is 5.27. The molecule has 0 saturated carbocycles. The van der Waals surface area contributed by atoms with Gasteiger partial charge in [-0.05, 0) is 42.3 Å². The van der Waals surface area contributed by atoms with Gasteiger partial charge in [0.1, 0.15) is 0 Å². The summed E-state index contributed by atoms with van der Waals surface area (Å²) in [6.07, 6.45) is 3.39. The van der Waals surface area contributed by atoms with Crippen molar-refractivity contribution in [2.75, 3.05) is 13.1 Å². The number of tetrazole rings is 1. The quantitative estimate of drug-likeness (QED) is 0.805. The standard InChI is InChI=1S/C18H22N6/c1-12-17(15-6-4-5-7-16(15)19-12)14-8-10-24(11-9-14)13(2)18-20-21-22-23(18)3/h4-8,13,19H,9-11H2,1-3H3. The highest BCUT2D eigenvalue weighted by Gasteiger charge is 2.24. The Morgan fingerprint density at radius 1 is 1.25 bits per heavy atom. The fourth-order valence-corrected chi connectivity index (χ4v) is 3.71. The van der Waals surface area contributed by atoms with Gasteiger partial charge in [-0.1, -0.05) is 24.3 Å². The SMILES string of the molecule is Cc1[nH]c2ccccc2c1C1=CCN(C(C)c2nnnn2C)CC1. The highest BCUT2D eigenvalue weighted by Crippen LogP contribution is 2.33. The van der Waals surface area contributed by atoms with E-state index in [-0.39, 0.29) is 6.04 Å². The minimum atomic E-state index is 0.215. The topological polar surface area (TPSA) is 62.6 Å². The Balaban J connectivity index is 1.60. The molecule has 1 aliphatic heterocycles. The lowest BCUT2D eigenvalue weighted by Crippen LogP contribution is -2.32. The Labute approximate surface area is 141 Å². The van der Waals surface area contributed by atoms with Crippen LogP contribution in [0.1, 0.15) is 36.5 Å². The van der Waals surface area contributed by atoms with Crippen LogP contribution in [0.3, 0.4) is 0 Å². The van der Waals surface area contributed by atoms with Crippen molar-refractivity contribution >= 4 is 16.5 Å². The highest BCUT2D eigenvalue weighted by molar-refractivity contribution is 5.94. The van der Waals surface area contributed by atoms with E-state index in [4.69, 9.17) is 0 Å². The number of fused-ring (bicyclic) bond motifs is 1. The number of nitrogens with one attached hydrogen (secondary N) is 1. The van der Waals surface area contributed by atoms with Crippen LogP contribution in [-0.2, 0) is 7.05 Å². The van der Waals surface area contributed by atoms with Crippen molar-refractivity contribution in [3.8, 4) is 0 Å². The van der Waals surface area contributed by atoms with Crippen LogP contribution in [0, 0.1) is 6.92 Å². The maximum atomic E-state index is 4.15. The first-order valence-electron chi connectivity index (χ1n) is 8.38. The number of hydrogen-bond acceptors (Lipinski definition) is 4. The van der Waals surface area contributed by atoms with Gasteiger partial charge in [0.2, 0.25) is 0 Å². The van der Waals surface area contributed by atoms with Gasteiger partial charge in [0, 0.05) is 42.3 Å². The number of para-hydroxylation sites is 1. The number of aryl methyl sites for hydroxylation is 2. The van der Waals surface area contributed by atoms with E-state index in [1.807, 2.05) is 7.05 Å². The maximum absolute atomic E-state index is 4.15. The number of nitrogens with zero attached hydrogens (tertiary/aromatic N) is 5. The Morgan fingerprint density at radius 3 is 2.79 bits per heavy atom. The molecule has 2 aromatic heterocycles. The Morgan fingerprint density at radius 2 is 2.08 bits per heavy atom. The van der Waals surface area contributed by atoms with Crippen molar-refractivity contribution in [2.45, 2.75) is 26.3 Å². The number of rotatable bonds is 3. The summed E-state index contributed by atoms with van der Waals surface area (Å²) in [5.74, 6) is 0.912. The molecule has 1 aliphatic rings. The molecular weight excluding hydrogens is 300 g/mol. The zero-order chi connectivity index (χ0) is 16.7. The van der Waals surface area contributed by atoms with Crippen molar-refractivity contribution < 1.29 is 0 Å². The van der Waals surface area contributed by atoms with Crippen LogP contribution < -0.4 is 0 Å². The first-order valence-corrected chi connectivity index (χ1v) is 8.38. The minimum Gasteiger partial charge on any atom is -0.358 e. The van der Waals surface area contributed by atoms with Crippen LogP contribution in [0.15, 0.2) is 30.3 Å². The van der Waals surface area contributed by atoms with Crippen LogP contribution in [0.2, 0.25) is 0 Å². The molecule has 0 amide bonds. The lowest BCUT2D eigenvalue weighted by Gasteiger charge is -2.31. The summed E-state index contributed by atoms with van der Waals surface area (Å²) >= 11 is 0. The third-order valence-electron chi connectivity index (χ3n) is 5.03. The third-order valence-corrected chi connectivity index (χ3v) is 5.03. The molecule has 1 N–H and O–H groups in total. The molecule has 0 saturated heterocycles. The van der Waals surface area contributed by atoms with E-state index in [1.165, 1.54) is 27.7 Å². The molecule has 0 fully saturated rings. The zero-order valence-corrected chi connectivity index (χ0v) is 14.3. The van der Waals surface area contributed by atoms with E-state index in [0.717, 1.165) is 25.3 Å². The second-order valence-electron chi connectivity index (χ2n) is 6.48.